The Kier molecular flexibility index (Phi) is 3.97. The molecule has 100 valence electrons. The predicted molar refractivity (Wildman–Crippen MR) is 69.1 cm³/mol. The molecule has 0 saturated heterocycles. The first-order valence-corrected chi connectivity index (χ1v) is 6.11. The van der Waals surface area contributed by atoms with E-state index in [0.717, 1.165) is 11.1 Å². The summed E-state index contributed by atoms with van der Waals surface area (Å²) in [6, 6.07) is 3.74. The second-order valence-electron chi connectivity index (χ2n) is 4.65. The number of hydrogen-bond acceptors (Lipinski definition) is 3. The largest absolute Gasteiger partial charge is 0.502 e. The van der Waals surface area contributed by atoms with Gasteiger partial charge in [-0.05, 0) is 0 Å². The molecule has 0 aliphatic heterocycles. The summed E-state index contributed by atoms with van der Waals surface area (Å²) < 4.78 is 3.59. The predicted octanol–water partition coefficient (Wildman–Crippen LogP) is 0.0366. The van der Waals surface area contributed by atoms with Crippen LogP contribution in [0.15, 0.2) is 36.9 Å². The number of nitrogens with zero attached hydrogens (tertiary/aromatic N) is 2. The summed E-state index contributed by atoms with van der Waals surface area (Å²) in [6.45, 7) is 1.10. The fraction of sp³-hybridized carbons (Fsp3) is 0.286. The molecule has 0 unspecified atom stereocenters. The van der Waals surface area contributed by atoms with Gasteiger partial charge in [-0.15, -0.1) is 0 Å². The molecule has 0 radical (unpaired) electrons. The van der Waals surface area contributed by atoms with E-state index in [-0.39, 0.29) is 11.5 Å². The van der Waals surface area contributed by atoms with Gasteiger partial charge in [-0.25, -0.2) is 9.13 Å². The molecule has 0 atom stereocenters. The third-order valence-electron chi connectivity index (χ3n) is 2.96. The van der Waals surface area contributed by atoms with Gasteiger partial charge in [0, 0.05) is 36.3 Å². The number of rotatable bonds is 4. The van der Waals surface area contributed by atoms with Gasteiger partial charge in [0.15, 0.2) is 23.9 Å². The third kappa shape index (κ3) is 3.42. The van der Waals surface area contributed by atoms with Gasteiger partial charge in [-0.2, -0.15) is 0 Å². The van der Waals surface area contributed by atoms with E-state index < -0.39 is 0 Å². The molecule has 2 aromatic rings. The zero-order valence-corrected chi connectivity index (χ0v) is 11.2. The van der Waals surface area contributed by atoms with E-state index in [1.165, 1.54) is 0 Å². The first-order valence-electron chi connectivity index (χ1n) is 6.11. The summed E-state index contributed by atoms with van der Waals surface area (Å²) in [5.41, 5.74) is 1.66. The lowest BCUT2D eigenvalue weighted by molar-refractivity contribution is -0.672. The number of hydrogen-bond donors (Lipinski definition) is 3. The van der Waals surface area contributed by atoms with Crippen LogP contribution in [0.3, 0.4) is 0 Å². The van der Waals surface area contributed by atoms with Crippen LogP contribution < -0.4 is 14.5 Å². The van der Waals surface area contributed by atoms with Crippen LogP contribution in [0, 0.1) is 0 Å². The summed E-state index contributed by atoms with van der Waals surface area (Å²) in [7, 11) is 3.72. The molecule has 2 rings (SSSR count). The monoisotopic (exact) mass is 261 g/mol. The van der Waals surface area contributed by atoms with Crippen molar-refractivity contribution in [3.63, 3.8) is 0 Å². The minimum absolute atomic E-state index is 0.265. The smallest absolute Gasteiger partial charge is 0.211 e. The highest BCUT2D eigenvalue weighted by Gasteiger charge is 2.07. The first-order chi connectivity index (χ1) is 9.06. The Balaban J connectivity index is 1.96. The van der Waals surface area contributed by atoms with Crippen molar-refractivity contribution in [2.45, 2.75) is 13.1 Å². The standard InChI is InChI=1S/C14H17N3O2/c1-16-5-3-11(13(18)9-16)7-15-8-12-4-6-17(2)10-14(12)19/h3-6,9-10,15H,7-8H2,1-2H3/p+2. The molecule has 2 aromatic heterocycles. The van der Waals surface area contributed by atoms with Crippen molar-refractivity contribution < 1.29 is 19.3 Å². The Hall–Kier alpha value is -2.14. The summed E-state index contributed by atoms with van der Waals surface area (Å²) in [6.07, 6.45) is 7.10. The minimum atomic E-state index is 0.265. The lowest BCUT2D eigenvalue weighted by Crippen LogP contribution is -2.27. The van der Waals surface area contributed by atoms with Crippen LogP contribution in [0.2, 0.25) is 0 Å². The van der Waals surface area contributed by atoms with E-state index in [4.69, 9.17) is 0 Å². The number of aryl methyl sites for hydroxylation is 2. The highest BCUT2D eigenvalue weighted by atomic mass is 16.3. The van der Waals surface area contributed by atoms with Gasteiger partial charge in [0.05, 0.1) is 0 Å². The average Bonchev–Trinajstić information content (AvgIpc) is 2.34. The molecule has 0 saturated carbocycles. The molecule has 2 heterocycles. The Morgan fingerprint density at radius 1 is 0.895 bits per heavy atom. The van der Waals surface area contributed by atoms with Crippen molar-refractivity contribution in [2.24, 2.45) is 14.1 Å². The van der Waals surface area contributed by atoms with Gasteiger partial charge >= 0.3 is 0 Å². The van der Waals surface area contributed by atoms with Crippen LogP contribution in [0.5, 0.6) is 11.5 Å². The van der Waals surface area contributed by atoms with Crippen molar-refractivity contribution in [2.75, 3.05) is 0 Å². The molecule has 19 heavy (non-hydrogen) atoms. The van der Waals surface area contributed by atoms with Crippen LogP contribution in [0.4, 0.5) is 0 Å². The summed E-state index contributed by atoms with van der Waals surface area (Å²) in [4.78, 5) is 0. The lowest BCUT2D eigenvalue weighted by atomic mass is 10.2. The molecule has 0 aromatic carbocycles. The molecule has 0 amide bonds. The van der Waals surface area contributed by atoms with Crippen LogP contribution in [-0.2, 0) is 27.2 Å². The van der Waals surface area contributed by atoms with E-state index in [1.807, 2.05) is 38.6 Å². The van der Waals surface area contributed by atoms with Crippen molar-refractivity contribution in [3.05, 3.63) is 48.0 Å². The molecule has 0 aliphatic carbocycles. The van der Waals surface area contributed by atoms with E-state index in [2.05, 4.69) is 5.32 Å². The zero-order valence-electron chi connectivity index (χ0n) is 11.2. The Morgan fingerprint density at radius 3 is 1.68 bits per heavy atom. The Morgan fingerprint density at radius 2 is 1.32 bits per heavy atom. The lowest BCUT2D eigenvalue weighted by Gasteiger charge is -2.06. The van der Waals surface area contributed by atoms with Crippen LogP contribution in [0.25, 0.3) is 0 Å². The number of nitrogens with one attached hydrogen (secondary N) is 1. The number of pyridine rings is 2. The van der Waals surface area contributed by atoms with E-state index >= 15 is 0 Å². The molecule has 5 nitrogen and oxygen atoms in total. The van der Waals surface area contributed by atoms with Crippen molar-refractivity contribution in [1.29, 1.82) is 0 Å². The normalized spacial score (nSPS) is 10.6. The van der Waals surface area contributed by atoms with Crippen molar-refractivity contribution >= 4 is 0 Å². The number of aromatic nitrogens is 2. The van der Waals surface area contributed by atoms with Crippen molar-refractivity contribution in [3.8, 4) is 11.5 Å². The fourth-order valence-corrected chi connectivity index (χ4v) is 1.85. The van der Waals surface area contributed by atoms with Gasteiger partial charge in [0.25, 0.3) is 0 Å². The maximum Gasteiger partial charge on any atom is 0.211 e. The minimum Gasteiger partial charge on any atom is -0.502 e. The maximum atomic E-state index is 9.77. The summed E-state index contributed by atoms with van der Waals surface area (Å²) in [5.74, 6) is 0.530. The Labute approximate surface area is 112 Å². The molecule has 0 spiro atoms. The van der Waals surface area contributed by atoms with E-state index in [0.29, 0.717) is 13.1 Å². The first kappa shape index (κ1) is 13.3. The van der Waals surface area contributed by atoms with Gasteiger partial charge in [0.2, 0.25) is 12.4 Å². The molecule has 0 fully saturated rings. The quantitative estimate of drug-likeness (QED) is 0.681. The van der Waals surface area contributed by atoms with Crippen LogP contribution in [-0.4, -0.2) is 10.2 Å². The second kappa shape index (κ2) is 5.67. The molecule has 0 aliphatic rings. The Bertz CT molecular complexity index is 533. The van der Waals surface area contributed by atoms with Gasteiger partial charge in [0.1, 0.15) is 14.1 Å². The van der Waals surface area contributed by atoms with E-state index in [1.54, 1.807) is 21.5 Å². The zero-order chi connectivity index (χ0) is 13.8. The van der Waals surface area contributed by atoms with Gasteiger partial charge in [-0.1, -0.05) is 0 Å². The maximum absolute atomic E-state index is 9.77. The van der Waals surface area contributed by atoms with Crippen molar-refractivity contribution in [1.82, 2.24) is 5.32 Å². The summed E-state index contributed by atoms with van der Waals surface area (Å²) in [5, 5.41) is 22.7. The summed E-state index contributed by atoms with van der Waals surface area (Å²) >= 11 is 0. The molecule has 3 N–H and O–H groups in total. The van der Waals surface area contributed by atoms with Crippen LogP contribution in [0.1, 0.15) is 11.1 Å². The molecular weight excluding hydrogens is 242 g/mol. The molecule has 0 bridgehead atoms. The molecular formula is C14H19N3O2+2. The van der Waals surface area contributed by atoms with Gasteiger partial charge < -0.3 is 15.5 Å². The topological polar surface area (TPSA) is 60.2 Å². The average molecular weight is 261 g/mol. The third-order valence-corrected chi connectivity index (χ3v) is 2.96. The molecule has 5 heteroatoms. The SMILES string of the molecule is C[n+]1ccc(CNCc2cc[n+](C)cc2O)c(O)c1. The highest BCUT2D eigenvalue weighted by molar-refractivity contribution is 5.28. The second-order valence-corrected chi connectivity index (χ2v) is 4.65. The fourth-order valence-electron chi connectivity index (χ4n) is 1.85. The van der Waals surface area contributed by atoms with Gasteiger partial charge in [-0.3, -0.25) is 0 Å². The number of aromatic hydroxyl groups is 2. The van der Waals surface area contributed by atoms with Crippen LogP contribution >= 0.6 is 0 Å². The highest BCUT2D eigenvalue weighted by Crippen LogP contribution is 2.15. The van der Waals surface area contributed by atoms with E-state index in [9.17, 15) is 10.2 Å².